The van der Waals surface area contributed by atoms with Crippen LogP contribution in [0.4, 0.5) is 0 Å². The van der Waals surface area contributed by atoms with E-state index in [1.807, 2.05) is 29.2 Å². The van der Waals surface area contributed by atoms with Crippen molar-refractivity contribution in [2.45, 2.75) is 26.3 Å². The van der Waals surface area contributed by atoms with Gasteiger partial charge in [-0.25, -0.2) is 0 Å². The molecule has 4 nitrogen and oxygen atoms in total. The molecule has 1 atom stereocenters. The SMILES string of the molecule is CC[C@H](C)[NH+]1CCN(C(=O)c2ccc(OC)cc2)CC1. The molecule has 0 aliphatic carbocycles. The summed E-state index contributed by atoms with van der Waals surface area (Å²) in [6.45, 7) is 8.33. The summed E-state index contributed by atoms with van der Waals surface area (Å²) in [6, 6.07) is 8.06. The fourth-order valence-corrected chi connectivity index (χ4v) is 2.69. The van der Waals surface area contributed by atoms with Gasteiger partial charge in [-0.05, 0) is 37.6 Å². The number of carbonyl (C=O) groups is 1. The fraction of sp³-hybridized carbons (Fsp3) is 0.562. The van der Waals surface area contributed by atoms with Crippen LogP contribution >= 0.6 is 0 Å². The van der Waals surface area contributed by atoms with Crippen molar-refractivity contribution in [3.63, 3.8) is 0 Å². The quantitative estimate of drug-likeness (QED) is 0.885. The van der Waals surface area contributed by atoms with Gasteiger partial charge in [-0.15, -0.1) is 0 Å². The van der Waals surface area contributed by atoms with Crippen LogP contribution in [-0.2, 0) is 0 Å². The van der Waals surface area contributed by atoms with Crippen LogP contribution in [0.5, 0.6) is 5.75 Å². The molecule has 1 N–H and O–H groups in total. The predicted octanol–water partition coefficient (Wildman–Crippen LogP) is 0.834. The monoisotopic (exact) mass is 277 g/mol. The second-order valence-corrected chi connectivity index (χ2v) is 5.49. The van der Waals surface area contributed by atoms with Crippen molar-refractivity contribution in [3.8, 4) is 5.75 Å². The van der Waals surface area contributed by atoms with E-state index in [1.165, 1.54) is 6.42 Å². The average molecular weight is 277 g/mol. The van der Waals surface area contributed by atoms with Crippen molar-refractivity contribution in [2.24, 2.45) is 0 Å². The normalized spacial score (nSPS) is 17.9. The van der Waals surface area contributed by atoms with E-state index in [0.29, 0.717) is 6.04 Å². The van der Waals surface area contributed by atoms with E-state index in [2.05, 4.69) is 13.8 Å². The average Bonchev–Trinajstić information content (AvgIpc) is 2.53. The van der Waals surface area contributed by atoms with Gasteiger partial charge < -0.3 is 14.5 Å². The molecular weight excluding hydrogens is 252 g/mol. The van der Waals surface area contributed by atoms with Gasteiger partial charge in [0.1, 0.15) is 5.75 Å². The van der Waals surface area contributed by atoms with Crippen molar-refractivity contribution in [3.05, 3.63) is 29.8 Å². The van der Waals surface area contributed by atoms with Crippen LogP contribution in [0.2, 0.25) is 0 Å². The summed E-state index contributed by atoms with van der Waals surface area (Å²) in [5.41, 5.74) is 0.748. The number of carbonyl (C=O) groups excluding carboxylic acids is 1. The Hall–Kier alpha value is -1.55. The number of ether oxygens (including phenoxy) is 1. The molecule has 110 valence electrons. The number of hydrogen-bond acceptors (Lipinski definition) is 2. The third-order valence-corrected chi connectivity index (χ3v) is 4.34. The lowest BCUT2D eigenvalue weighted by molar-refractivity contribution is -0.927. The maximum absolute atomic E-state index is 12.4. The third kappa shape index (κ3) is 3.31. The first-order valence-corrected chi connectivity index (χ1v) is 7.43. The Balaban J connectivity index is 1.94. The van der Waals surface area contributed by atoms with E-state index in [4.69, 9.17) is 4.74 Å². The van der Waals surface area contributed by atoms with E-state index >= 15 is 0 Å². The van der Waals surface area contributed by atoms with Gasteiger partial charge in [0.25, 0.3) is 5.91 Å². The molecule has 1 aromatic rings. The van der Waals surface area contributed by atoms with Gasteiger partial charge in [0.2, 0.25) is 0 Å². The van der Waals surface area contributed by atoms with Gasteiger partial charge in [0, 0.05) is 5.56 Å². The molecule has 0 bridgehead atoms. The summed E-state index contributed by atoms with van der Waals surface area (Å²) >= 11 is 0. The Morgan fingerprint density at radius 3 is 2.40 bits per heavy atom. The van der Waals surface area contributed by atoms with Crippen molar-refractivity contribution in [1.29, 1.82) is 0 Å². The van der Waals surface area contributed by atoms with Crippen molar-refractivity contribution < 1.29 is 14.4 Å². The summed E-state index contributed by atoms with van der Waals surface area (Å²) in [6.07, 6.45) is 1.20. The zero-order chi connectivity index (χ0) is 14.5. The van der Waals surface area contributed by atoms with Crippen molar-refractivity contribution in [2.75, 3.05) is 33.3 Å². The standard InChI is InChI=1S/C16H24N2O2/c1-4-13(2)17-9-11-18(12-10-17)16(19)14-5-7-15(20-3)8-6-14/h5-8,13H,4,9-12H2,1-3H3/p+1/t13-/m0/s1. The van der Waals surface area contributed by atoms with Crippen LogP contribution in [0.3, 0.4) is 0 Å². The number of piperazine rings is 1. The molecule has 1 aliphatic rings. The minimum Gasteiger partial charge on any atom is -0.497 e. The number of amides is 1. The molecule has 1 aliphatic heterocycles. The van der Waals surface area contributed by atoms with Crippen LogP contribution in [0.15, 0.2) is 24.3 Å². The van der Waals surface area contributed by atoms with Gasteiger partial charge in [0.15, 0.2) is 0 Å². The zero-order valence-corrected chi connectivity index (χ0v) is 12.7. The fourth-order valence-electron chi connectivity index (χ4n) is 2.69. The maximum Gasteiger partial charge on any atom is 0.254 e. The number of methoxy groups -OCH3 is 1. The van der Waals surface area contributed by atoms with Crippen LogP contribution in [0.25, 0.3) is 0 Å². The highest BCUT2D eigenvalue weighted by molar-refractivity contribution is 5.94. The smallest absolute Gasteiger partial charge is 0.254 e. The summed E-state index contributed by atoms with van der Waals surface area (Å²) in [5, 5.41) is 0. The number of rotatable bonds is 4. The molecule has 0 radical (unpaired) electrons. The van der Waals surface area contributed by atoms with Crippen molar-refractivity contribution in [1.82, 2.24) is 4.90 Å². The van der Waals surface area contributed by atoms with Gasteiger partial charge >= 0.3 is 0 Å². The van der Waals surface area contributed by atoms with Crippen LogP contribution < -0.4 is 9.64 Å². The Bertz CT molecular complexity index is 436. The highest BCUT2D eigenvalue weighted by Gasteiger charge is 2.26. The lowest BCUT2D eigenvalue weighted by atomic mass is 10.1. The third-order valence-electron chi connectivity index (χ3n) is 4.34. The Labute approximate surface area is 121 Å². The Morgan fingerprint density at radius 2 is 1.90 bits per heavy atom. The number of nitrogens with zero attached hydrogens (tertiary/aromatic N) is 1. The maximum atomic E-state index is 12.4. The minimum absolute atomic E-state index is 0.135. The molecule has 1 heterocycles. The second kappa shape index (κ2) is 6.75. The van der Waals surface area contributed by atoms with Gasteiger partial charge in [-0.3, -0.25) is 4.79 Å². The topological polar surface area (TPSA) is 34.0 Å². The van der Waals surface area contributed by atoms with Gasteiger partial charge in [0.05, 0.1) is 39.3 Å². The molecular formula is C16H25N2O2+. The summed E-state index contributed by atoms with van der Waals surface area (Å²) in [4.78, 5) is 16.0. The number of hydrogen-bond donors (Lipinski definition) is 1. The molecule has 4 heteroatoms. The predicted molar refractivity (Wildman–Crippen MR) is 79.3 cm³/mol. The highest BCUT2D eigenvalue weighted by Crippen LogP contribution is 2.13. The number of quaternary nitrogens is 1. The first kappa shape index (κ1) is 14.9. The van der Waals surface area contributed by atoms with E-state index in [-0.39, 0.29) is 5.91 Å². The molecule has 0 aromatic heterocycles. The lowest BCUT2D eigenvalue weighted by Crippen LogP contribution is -3.17. The molecule has 1 aromatic carbocycles. The first-order chi connectivity index (χ1) is 9.65. The Morgan fingerprint density at radius 1 is 1.30 bits per heavy atom. The largest absolute Gasteiger partial charge is 0.497 e. The zero-order valence-electron chi connectivity index (χ0n) is 12.7. The van der Waals surface area contributed by atoms with Crippen molar-refractivity contribution >= 4 is 5.91 Å². The van der Waals surface area contributed by atoms with E-state index in [9.17, 15) is 4.79 Å². The highest BCUT2D eigenvalue weighted by atomic mass is 16.5. The minimum atomic E-state index is 0.135. The first-order valence-electron chi connectivity index (χ1n) is 7.43. The lowest BCUT2D eigenvalue weighted by Gasteiger charge is -2.35. The van der Waals surface area contributed by atoms with Crippen LogP contribution in [0.1, 0.15) is 30.6 Å². The molecule has 1 amide bonds. The molecule has 0 saturated carbocycles. The molecule has 20 heavy (non-hydrogen) atoms. The van der Waals surface area contributed by atoms with Crippen LogP contribution in [0, 0.1) is 0 Å². The second-order valence-electron chi connectivity index (χ2n) is 5.49. The van der Waals surface area contributed by atoms with Gasteiger partial charge in [-0.2, -0.15) is 0 Å². The molecule has 0 unspecified atom stereocenters. The van der Waals surface area contributed by atoms with E-state index < -0.39 is 0 Å². The van der Waals surface area contributed by atoms with E-state index in [1.54, 1.807) is 12.0 Å². The van der Waals surface area contributed by atoms with Gasteiger partial charge in [-0.1, -0.05) is 6.92 Å². The molecule has 1 saturated heterocycles. The molecule has 2 rings (SSSR count). The summed E-state index contributed by atoms with van der Waals surface area (Å²) < 4.78 is 5.12. The Kier molecular flexibility index (Phi) is 5.01. The molecule has 1 fully saturated rings. The number of nitrogens with one attached hydrogen (secondary N) is 1. The van der Waals surface area contributed by atoms with Crippen LogP contribution in [-0.4, -0.2) is 50.1 Å². The number of benzene rings is 1. The molecule has 0 spiro atoms. The summed E-state index contributed by atoms with van der Waals surface area (Å²) in [7, 11) is 1.63. The summed E-state index contributed by atoms with van der Waals surface area (Å²) in [5.74, 6) is 0.920. The van der Waals surface area contributed by atoms with E-state index in [0.717, 1.165) is 37.5 Å².